The minimum atomic E-state index is -4.61. The van der Waals surface area contributed by atoms with Gasteiger partial charge in [-0.1, -0.05) is 12.1 Å². The maximum atomic E-state index is 12.4. The molecule has 0 amide bonds. The summed E-state index contributed by atoms with van der Waals surface area (Å²) in [6.45, 7) is 0. The standard InChI is InChI=1S/C9H8FNO2S/c10-14(12,13)9-5-3-8(4-6-9)2-1-7-11/h3-6H,1-2H2. The zero-order valence-electron chi connectivity index (χ0n) is 7.27. The van der Waals surface area contributed by atoms with Crippen LogP contribution in [0.1, 0.15) is 12.0 Å². The van der Waals surface area contributed by atoms with Crippen LogP contribution in [0, 0.1) is 11.3 Å². The predicted octanol–water partition coefficient (Wildman–Crippen LogP) is 1.80. The molecule has 0 unspecified atom stereocenters. The highest BCUT2D eigenvalue weighted by atomic mass is 32.3. The Bertz CT molecular complexity index is 445. The van der Waals surface area contributed by atoms with E-state index in [1.54, 1.807) is 0 Å². The van der Waals surface area contributed by atoms with Crippen molar-refractivity contribution in [3.8, 4) is 6.07 Å². The topological polar surface area (TPSA) is 57.9 Å². The molecule has 0 N–H and O–H groups in total. The van der Waals surface area contributed by atoms with Gasteiger partial charge in [0.2, 0.25) is 0 Å². The highest BCUT2D eigenvalue weighted by Crippen LogP contribution is 2.13. The summed E-state index contributed by atoms with van der Waals surface area (Å²) in [4.78, 5) is -0.349. The molecule has 0 aliphatic carbocycles. The lowest BCUT2D eigenvalue weighted by Crippen LogP contribution is -1.92. The third kappa shape index (κ3) is 2.82. The second-order valence-electron chi connectivity index (χ2n) is 2.74. The molecule has 0 aliphatic heterocycles. The van der Waals surface area contributed by atoms with Gasteiger partial charge >= 0.3 is 10.2 Å². The number of nitriles is 1. The Hall–Kier alpha value is -1.41. The molecular weight excluding hydrogens is 205 g/mol. The van der Waals surface area contributed by atoms with E-state index < -0.39 is 10.2 Å². The van der Waals surface area contributed by atoms with Crippen molar-refractivity contribution in [3.63, 3.8) is 0 Å². The maximum absolute atomic E-state index is 12.4. The molecule has 74 valence electrons. The highest BCUT2D eigenvalue weighted by molar-refractivity contribution is 7.86. The molecule has 1 aromatic rings. The summed E-state index contributed by atoms with van der Waals surface area (Å²) in [6.07, 6.45) is 0.908. The molecule has 5 heteroatoms. The van der Waals surface area contributed by atoms with E-state index in [0.29, 0.717) is 12.8 Å². The number of aryl methyl sites for hydroxylation is 1. The van der Waals surface area contributed by atoms with E-state index in [1.165, 1.54) is 24.3 Å². The Labute approximate surface area is 82.0 Å². The average molecular weight is 213 g/mol. The first-order valence-electron chi connectivity index (χ1n) is 3.94. The van der Waals surface area contributed by atoms with Crippen molar-refractivity contribution in [2.24, 2.45) is 0 Å². The lowest BCUT2D eigenvalue weighted by molar-refractivity contribution is 0.552. The van der Waals surface area contributed by atoms with Crippen molar-refractivity contribution in [2.75, 3.05) is 0 Å². The molecule has 3 nitrogen and oxygen atoms in total. The lowest BCUT2D eigenvalue weighted by atomic mass is 10.1. The zero-order valence-corrected chi connectivity index (χ0v) is 8.09. The van der Waals surface area contributed by atoms with Gasteiger partial charge in [-0.3, -0.25) is 0 Å². The summed E-state index contributed by atoms with van der Waals surface area (Å²) in [7, 11) is -4.61. The van der Waals surface area contributed by atoms with E-state index in [0.717, 1.165) is 5.56 Å². The SMILES string of the molecule is N#CCCc1ccc(S(=O)(=O)F)cc1. The molecule has 0 bridgehead atoms. The van der Waals surface area contributed by atoms with Crippen LogP contribution in [-0.4, -0.2) is 8.42 Å². The van der Waals surface area contributed by atoms with Crippen molar-refractivity contribution in [1.29, 1.82) is 5.26 Å². The third-order valence-corrected chi connectivity index (χ3v) is 2.57. The van der Waals surface area contributed by atoms with Crippen LogP contribution in [-0.2, 0) is 16.6 Å². The number of hydrogen-bond acceptors (Lipinski definition) is 3. The van der Waals surface area contributed by atoms with E-state index in [-0.39, 0.29) is 4.90 Å². The van der Waals surface area contributed by atoms with Crippen molar-refractivity contribution >= 4 is 10.2 Å². The summed E-state index contributed by atoms with van der Waals surface area (Å²) in [5.74, 6) is 0. The molecule has 0 radical (unpaired) electrons. The maximum Gasteiger partial charge on any atom is 0.332 e. The molecule has 1 rings (SSSR count). The van der Waals surface area contributed by atoms with Crippen molar-refractivity contribution in [3.05, 3.63) is 29.8 Å². The van der Waals surface area contributed by atoms with Gasteiger partial charge in [-0.05, 0) is 24.1 Å². The van der Waals surface area contributed by atoms with Gasteiger partial charge in [0, 0.05) is 6.42 Å². The second-order valence-corrected chi connectivity index (χ2v) is 4.09. The number of rotatable bonds is 3. The van der Waals surface area contributed by atoms with Gasteiger partial charge in [-0.15, -0.1) is 3.89 Å². The number of halogens is 1. The van der Waals surface area contributed by atoms with E-state index in [9.17, 15) is 12.3 Å². The van der Waals surface area contributed by atoms with Crippen LogP contribution in [0.25, 0.3) is 0 Å². The summed E-state index contributed by atoms with van der Waals surface area (Å²) in [5, 5.41) is 8.31. The minimum Gasteiger partial charge on any atom is -0.198 e. The van der Waals surface area contributed by atoms with Gasteiger partial charge in [-0.2, -0.15) is 13.7 Å². The summed E-state index contributed by atoms with van der Waals surface area (Å²) >= 11 is 0. The Morgan fingerprint density at radius 1 is 1.29 bits per heavy atom. The van der Waals surface area contributed by atoms with Crippen molar-refractivity contribution < 1.29 is 12.3 Å². The predicted molar refractivity (Wildman–Crippen MR) is 48.7 cm³/mol. The highest BCUT2D eigenvalue weighted by Gasteiger charge is 2.10. The van der Waals surface area contributed by atoms with E-state index in [2.05, 4.69) is 0 Å². The van der Waals surface area contributed by atoms with E-state index in [1.807, 2.05) is 6.07 Å². The van der Waals surface area contributed by atoms with Gasteiger partial charge < -0.3 is 0 Å². The van der Waals surface area contributed by atoms with Crippen molar-refractivity contribution in [2.45, 2.75) is 17.7 Å². The Morgan fingerprint density at radius 2 is 1.86 bits per heavy atom. The van der Waals surface area contributed by atoms with Crippen LogP contribution in [0.3, 0.4) is 0 Å². The Morgan fingerprint density at radius 3 is 2.29 bits per heavy atom. The van der Waals surface area contributed by atoms with Crippen molar-refractivity contribution in [1.82, 2.24) is 0 Å². The van der Waals surface area contributed by atoms with Crippen LogP contribution in [0.5, 0.6) is 0 Å². The fourth-order valence-corrected chi connectivity index (χ4v) is 1.48. The monoisotopic (exact) mass is 213 g/mol. The molecule has 0 fully saturated rings. The Balaban J connectivity index is 2.86. The fourth-order valence-electron chi connectivity index (χ4n) is 1.02. The molecule has 0 spiro atoms. The minimum absolute atomic E-state index is 0.349. The fraction of sp³-hybridized carbons (Fsp3) is 0.222. The van der Waals surface area contributed by atoms with Gasteiger partial charge in [0.15, 0.2) is 0 Å². The number of nitrogens with zero attached hydrogens (tertiary/aromatic N) is 1. The van der Waals surface area contributed by atoms with Gasteiger partial charge in [0.1, 0.15) is 0 Å². The quantitative estimate of drug-likeness (QED) is 0.719. The zero-order chi connectivity index (χ0) is 10.6. The van der Waals surface area contributed by atoms with E-state index in [4.69, 9.17) is 5.26 Å². The third-order valence-electron chi connectivity index (χ3n) is 1.73. The normalized spacial score (nSPS) is 10.9. The molecule has 0 aliphatic rings. The van der Waals surface area contributed by atoms with E-state index >= 15 is 0 Å². The molecule has 0 aromatic heterocycles. The first kappa shape index (κ1) is 10.7. The smallest absolute Gasteiger partial charge is 0.198 e. The molecule has 0 saturated heterocycles. The van der Waals surface area contributed by atoms with Gasteiger partial charge in [-0.25, -0.2) is 0 Å². The molecule has 14 heavy (non-hydrogen) atoms. The van der Waals surface area contributed by atoms with Crippen LogP contribution in [0.2, 0.25) is 0 Å². The Kier molecular flexibility index (Phi) is 3.20. The van der Waals surface area contributed by atoms with Crippen LogP contribution < -0.4 is 0 Å². The lowest BCUT2D eigenvalue weighted by Gasteiger charge is -1.98. The molecule has 0 heterocycles. The van der Waals surface area contributed by atoms with Gasteiger partial charge in [0.05, 0.1) is 11.0 Å². The molecule has 1 aromatic carbocycles. The summed E-state index contributed by atoms with van der Waals surface area (Å²) < 4.78 is 33.3. The summed E-state index contributed by atoms with van der Waals surface area (Å²) in [6, 6.07) is 7.37. The first-order valence-corrected chi connectivity index (χ1v) is 5.33. The van der Waals surface area contributed by atoms with Gasteiger partial charge in [0.25, 0.3) is 0 Å². The second kappa shape index (κ2) is 4.20. The largest absolute Gasteiger partial charge is 0.332 e. The van der Waals surface area contributed by atoms with Crippen LogP contribution in [0.4, 0.5) is 3.89 Å². The first-order chi connectivity index (χ1) is 6.54. The van der Waals surface area contributed by atoms with Crippen LogP contribution in [0.15, 0.2) is 29.2 Å². The number of hydrogen-bond donors (Lipinski definition) is 0. The van der Waals surface area contributed by atoms with Crippen LogP contribution >= 0.6 is 0 Å². The molecular formula is C9H8FNO2S. The summed E-state index contributed by atoms with van der Waals surface area (Å²) in [5.41, 5.74) is 0.818. The molecule has 0 atom stereocenters. The molecule has 0 saturated carbocycles. The number of benzene rings is 1. The average Bonchev–Trinajstić information content (AvgIpc) is 2.14.